The Morgan fingerprint density at radius 3 is 2.64 bits per heavy atom. The minimum absolute atomic E-state index is 0. The lowest BCUT2D eigenvalue weighted by Crippen LogP contribution is -2.44. The molecule has 1 rings (SSSR count). The normalized spacial score (nSPS) is 20.2. The van der Waals surface area contributed by atoms with E-state index in [1.807, 2.05) is 0 Å². The zero-order valence-corrected chi connectivity index (χ0v) is 19.1. The molecule has 1 saturated heterocycles. The van der Waals surface area contributed by atoms with Gasteiger partial charge in [0.25, 0.3) is 0 Å². The van der Waals surface area contributed by atoms with Gasteiger partial charge >= 0.3 is 0 Å². The molecule has 0 spiro atoms. The Hall–Kier alpha value is -0.0800. The largest absolute Gasteiger partial charge is 0.396 e. The van der Waals surface area contributed by atoms with E-state index >= 15 is 0 Å². The molecule has 1 heterocycles. The summed E-state index contributed by atoms with van der Waals surface area (Å²) in [6.07, 6.45) is 4.58. The van der Waals surface area contributed by atoms with Crippen LogP contribution in [0.15, 0.2) is 4.99 Å². The molecule has 0 aromatic carbocycles. The number of halogens is 1. The van der Waals surface area contributed by atoms with Gasteiger partial charge < -0.3 is 20.6 Å². The van der Waals surface area contributed by atoms with E-state index in [0.717, 1.165) is 45.0 Å². The van der Waals surface area contributed by atoms with Crippen molar-refractivity contribution in [2.24, 2.45) is 22.7 Å². The van der Waals surface area contributed by atoms with Gasteiger partial charge in [0.2, 0.25) is 0 Å². The highest BCUT2D eigenvalue weighted by Gasteiger charge is 2.19. The van der Waals surface area contributed by atoms with E-state index in [2.05, 4.69) is 43.2 Å². The number of guanidine groups is 1. The molecule has 150 valence electrons. The third-order valence-corrected chi connectivity index (χ3v) is 4.80. The molecule has 3 N–H and O–H groups in total. The van der Waals surface area contributed by atoms with Crippen LogP contribution in [0.25, 0.3) is 0 Å². The van der Waals surface area contributed by atoms with Gasteiger partial charge in [0.05, 0.1) is 0 Å². The van der Waals surface area contributed by atoms with Crippen molar-refractivity contribution in [2.75, 3.05) is 45.9 Å². The van der Waals surface area contributed by atoms with Gasteiger partial charge in [-0.15, -0.1) is 24.0 Å². The first-order chi connectivity index (χ1) is 11.6. The molecule has 1 aliphatic rings. The average molecular weight is 468 g/mol. The van der Waals surface area contributed by atoms with Crippen molar-refractivity contribution in [1.29, 1.82) is 0 Å². The minimum atomic E-state index is 0. The summed E-state index contributed by atoms with van der Waals surface area (Å²) in [5.74, 6) is 2.76. The van der Waals surface area contributed by atoms with E-state index in [0.29, 0.717) is 17.8 Å². The van der Waals surface area contributed by atoms with E-state index in [1.54, 1.807) is 0 Å². The van der Waals surface area contributed by atoms with Gasteiger partial charge in [0.15, 0.2) is 5.96 Å². The van der Waals surface area contributed by atoms with Crippen LogP contribution in [0.3, 0.4) is 0 Å². The second kappa shape index (κ2) is 15.0. The maximum Gasteiger partial charge on any atom is 0.191 e. The van der Waals surface area contributed by atoms with Gasteiger partial charge in [-0.3, -0.25) is 4.99 Å². The molecule has 25 heavy (non-hydrogen) atoms. The fourth-order valence-electron chi connectivity index (χ4n) is 3.54. The van der Waals surface area contributed by atoms with Crippen LogP contribution in [0.5, 0.6) is 0 Å². The first-order valence-corrected chi connectivity index (χ1v) is 9.94. The quantitative estimate of drug-likeness (QED) is 0.262. The third kappa shape index (κ3) is 11.3. The Kier molecular flexibility index (Phi) is 15.0. The van der Waals surface area contributed by atoms with Gasteiger partial charge in [-0.1, -0.05) is 20.8 Å². The summed E-state index contributed by atoms with van der Waals surface area (Å²) in [6, 6.07) is 0. The molecular formula is C19H41IN4O. The topological polar surface area (TPSA) is 59.9 Å². The molecule has 0 aromatic rings. The smallest absolute Gasteiger partial charge is 0.191 e. The van der Waals surface area contributed by atoms with Crippen LogP contribution >= 0.6 is 24.0 Å². The Morgan fingerprint density at radius 1 is 1.28 bits per heavy atom. The Morgan fingerprint density at radius 2 is 2.04 bits per heavy atom. The second-order valence-electron chi connectivity index (χ2n) is 7.51. The molecule has 2 unspecified atom stereocenters. The SMILES string of the molecule is CCNC(=NCC(CCO)CC(C)C)NCC1CCCN(CC)C1.I. The predicted molar refractivity (Wildman–Crippen MR) is 119 cm³/mol. The third-order valence-electron chi connectivity index (χ3n) is 4.80. The van der Waals surface area contributed by atoms with E-state index < -0.39 is 0 Å². The predicted octanol–water partition coefficient (Wildman–Crippen LogP) is 2.94. The zero-order chi connectivity index (χ0) is 17.8. The number of nitrogens with zero attached hydrogens (tertiary/aromatic N) is 2. The summed E-state index contributed by atoms with van der Waals surface area (Å²) < 4.78 is 0. The van der Waals surface area contributed by atoms with E-state index in [4.69, 9.17) is 4.99 Å². The molecule has 0 saturated carbocycles. The monoisotopic (exact) mass is 468 g/mol. The minimum Gasteiger partial charge on any atom is -0.396 e. The fraction of sp³-hybridized carbons (Fsp3) is 0.947. The highest BCUT2D eigenvalue weighted by Crippen LogP contribution is 2.16. The number of hydrogen-bond acceptors (Lipinski definition) is 3. The maximum absolute atomic E-state index is 9.26. The fourth-order valence-corrected chi connectivity index (χ4v) is 3.54. The molecule has 6 heteroatoms. The summed E-state index contributed by atoms with van der Waals surface area (Å²) in [6.45, 7) is 15.4. The number of piperidine rings is 1. The number of hydrogen-bond donors (Lipinski definition) is 3. The Bertz CT molecular complexity index is 352. The molecule has 0 bridgehead atoms. The van der Waals surface area contributed by atoms with E-state index in [-0.39, 0.29) is 30.6 Å². The molecule has 0 aromatic heterocycles. The van der Waals surface area contributed by atoms with Crippen LogP contribution < -0.4 is 10.6 Å². The number of aliphatic hydroxyl groups excluding tert-OH is 1. The van der Waals surface area contributed by atoms with Gasteiger partial charge in [0, 0.05) is 32.8 Å². The lowest BCUT2D eigenvalue weighted by molar-refractivity contribution is 0.183. The number of likely N-dealkylation sites (tertiary alicyclic amines) is 1. The van der Waals surface area contributed by atoms with Crippen LogP contribution in [0.1, 0.15) is 53.4 Å². The zero-order valence-electron chi connectivity index (χ0n) is 16.8. The van der Waals surface area contributed by atoms with Crippen molar-refractivity contribution in [3.63, 3.8) is 0 Å². The van der Waals surface area contributed by atoms with Crippen LogP contribution in [0.4, 0.5) is 0 Å². The van der Waals surface area contributed by atoms with Crippen molar-refractivity contribution in [1.82, 2.24) is 15.5 Å². The average Bonchev–Trinajstić information content (AvgIpc) is 2.57. The van der Waals surface area contributed by atoms with E-state index in [9.17, 15) is 5.11 Å². The second-order valence-corrected chi connectivity index (χ2v) is 7.51. The van der Waals surface area contributed by atoms with Crippen LogP contribution in [0, 0.1) is 17.8 Å². The first-order valence-electron chi connectivity index (χ1n) is 9.94. The van der Waals surface area contributed by atoms with Crippen LogP contribution in [-0.4, -0.2) is 61.8 Å². The number of rotatable bonds is 10. The van der Waals surface area contributed by atoms with Crippen LogP contribution in [-0.2, 0) is 0 Å². The maximum atomic E-state index is 9.26. The molecule has 0 aliphatic carbocycles. The standard InChI is InChI=1S/C19H40N4O.HI/c1-5-20-19(21-13-17(9-11-24)12-16(3)4)22-14-18-8-7-10-23(6-2)15-18;/h16-18,24H,5-15H2,1-4H3,(H2,20,21,22);1H. The molecule has 0 radical (unpaired) electrons. The molecule has 1 aliphatic heterocycles. The lowest BCUT2D eigenvalue weighted by Gasteiger charge is -2.32. The molecule has 2 atom stereocenters. The number of nitrogens with one attached hydrogen (secondary N) is 2. The molecule has 5 nitrogen and oxygen atoms in total. The first kappa shape index (κ1) is 24.9. The number of aliphatic hydroxyl groups is 1. The van der Waals surface area contributed by atoms with Gasteiger partial charge in [-0.2, -0.15) is 0 Å². The van der Waals surface area contributed by atoms with Crippen molar-refractivity contribution in [3.05, 3.63) is 0 Å². The van der Waals surface area contributed by atoms with Gasteiger partial charge in [0.1, 0.15) is 0 Å². The van der Waals surface area contributed by atoms with Crippen molar-refractivity contribution in [2.45, 2.75) is 53.4 Å². The summed E-state index contributed by atoms with van der Waals surface area (Å²) in [5.41, 5.74) is 0. The highest BCUT2D eigenvalue weighted by atomic mass is 127. The summed E-state index contributed by atoms with van der Waals surface area (Å²) in [7, 11) is 0. The van der Waals surface area contributed by atoms with Gasteiger partial charge in [-0.25, -0.2) is 0 Å². The molecular weight excluding hydrogens is 427 g/mol. The van der Waals surface area contributed by atoms with Crippen molar-refractivity contribution >= 4 is 29.9 Å². The molecule has 1 fully saturated rings. The number of aliphatic imine (C=N–C) groups is 1. The Balaban J connectivity index is 0.00000576. The summed E-state index contributed by atoms with van der Waals surface area (Å²) >= 11 is 0. The summed E-state index contributed by atoms with van der Waals surface area (Å²) in [4.78, 5) is 7.32. The van der Waals surface area contributed by atoms with Crippen molar-refractivity contribution < 1.29 is 5.11 Å². The van der Waals surface area contributed by atoms with Crippen molar-refractivity contribution in [3.8, 4) is 0 Å². The van der Waals surface area contributed by atoms with Crippen LogP contribution in [0.2, 0.25) is 0 Å². The van der Waals surface area contributed by atoms with Gasteiger partial charge in [-0.05, 0) is 63.5 Å². The summed E-state index contributed by atoms with van der Waals surface area (Å²) in [5, 5.41) is 16.2. The lowest BCUT2D eigenvalue weighted by atomic mass is 9.94. The Labute approximate surface area is 172 Å². The molecule has 0 amide bonds. The highest BCUT2D eigenvalue weighted by molar-refractivity contribution is 14.0. The van der Waals surface area contributed by atoms with E-state index in [1.165, 1.54) is 25.9 Å².